The maximum Gasteiger partial charge on any atom is 0.225 e. The van der Waals surface area contributed by atoms with Crippen LogP contribution in [0.15, 0.2) is 36.5 Å². The molecule has 1 aromatic carbocycles. The van der Waals surface area contributed by atoms with Gasteiger partial charge < -0.3 is 4.90 Å². The maximum absolute atomic E-state index is 12.3. The van der Waals surface area contributed by atoms with Crippen LogP contribution in [0.1, 0.15) is 43.9 Å². The second kappa shape index (κ2) is 7.12. The van der Waals surface area contributed by atoms with E-state index in [1.54, 1.807) is 0 Å². The van der Waals surface area contributed by atoms with Gasteiger partial charge in [0.2, 0.25) is 5.91 Å². The van der Waals surface area contributed by atoms with Gasteiger partial charge in [0.25, 0.3) is 0 Å². The van der Waals surface area contributed by atoms with Gasteiger partial charge in [-0.25, -0.2) is 9.97 Å². The fourth-order valence-corrected chi connectivity index (χ4v) is 3.23. The van der Waals surface area contributed by atoms with E-state index in [0.29, 0.717) is 5.92 Å². The molecule has 0 spiro atoms. The number of hydrogen-bond acceptors (Lipinski definition) is 3. The van der Waals surface area contributed by atoms with Gasteiger partial charge in [0, 0.05) is 42.4 Å². The number of likely N-dealkylation sites (tertiary alicyclic amines) is 1. The average molecular weight is 323 g/mol. The van der Waals surface area contributed by atoms with Crippen LogP contribution in [0.5, 0.6) is 0 Å². The highest BCUT2D eigenvalue weighted by atomic mass is 16.2. The van der Waals surface area contributed by atoms with Crippen molar-refractivity contribution in [2.45, 2.75) is 39.5 Å². The first kappa shape index (κ1) is 16.6. The summed E-state index contributed by atoms with van der Waals surface area (Å²) in [6, 6.07) is 10.3. The third-order valence-corrected chi connectivity index (χ3v) is 4.63. The summed E-state index contributed by atoms with van der Waals surface area (Å²) in [5, 5.41) is 0. The molecule has 0 N–H and O–H groups in total. The monoisotopic (exact) mass is 323 g/mol. The Morgan fingerprint density at radius 3 is 2.67 bits per heavy atom. The molecule has 4 nitrogen and oxygen atoms in total. The molecule has 126 valence electrons. The van der Waals surface area contributed by atoms with Crippen molar-refractivity contribution in [2.24, 2.45) is 5.92 Å². The number of nitrogens with zero attached hydrogens (tertiary/aromatic N) is 3. The lowest BCUT2D eigenvalue weighted by Gasteiger charge is -2.33. The number of piperidine rings is 1. The Balaban J connectivity index is 1.80. The predicted molar refractivity (Wildman–Crippen MR) is 95.6 cm³/mol. The summed E-state index contributed by atoms with van der Waals surface area (Å²) in [7, 11) is 0. The van der Waals surface area contributed by atoms with Crippen molar-refractivity contribution >= 4 is 5.91 Å². The van der Waals surface area contributed by atoms with Crippen LogP contribution >= 0.6 is 0 Å². The number of carbonyl (C=O) groups is 1. The van der Waals surface area contributed by atoms with Crippen molar-refractivity contribution in [3.05, 3.63) is 47.8 Å². The highest BCUT2D eigenvalue weighted by molar-refractivity contribution is 5.78. The van der Waals surface area contributed by atoms with Crippen molar-refractivity contribution < 1.29 is 4.79 Å². The average Bonchev–Trinajstić information content (AvgIpc) is 2.62. The molecule has 2 heterocycles. The summed E-state index contributed by atoms with van der Waals surface area (Å²) in [4.78, 5) is 23.5. The third-order valence-electron chi connectivity index (χ3n) is 4.63. The Morgan fingerprint density at radius 1 is 1.21 bits per heavy atom. The SMILES string of the molecule is Cc1ccc(-c2nccc(C3CCCN(C(=O)C(C)C)C3)n2)cc1. The van der Waals surface area contributed by atoms with Gasteiger partial charge in [0.15, 0.2) is 5.82 Å². The third kappa shape index (κ3) is 3.64. The smallest absolute Gasteiger partial charge is 0.225 e. The number of rotatable bonds is 3. The zero-order valence-electron chi connectivity index (χ0n) is 14.7. The lowest BCUT2D eigenvalue weighted by Crippen LogP contribution is -2.41. The van der Waals surface area contributed by atoms with Crippen LogP contribution in [-0.4, -0.2) is 33.9 Å². The maximum atomic E-state index is 12.3. The summed E-state index contributed by atoms with van der Waals surface area (Å²) >= 11 is 0. The minimum absolute atomic E-state index is 0.0530. The first-order valence-corrected chi connectivity index (χ1v) is 8.73. The van der Waals surface area contributed by atoms with Crippen LogP contribution in [-0.2, 0) is 4.79 Å². The molecule has 1 unspecified atom stereocenters. The summed E-state index contributed by atoms with van der Waals surface area (Å²) in [6.45, 7) is 7.63. The van der Waals surface area contributed by atoms with E-state index in [1.165, 1.54) is 5.56 Å². The molecule has 1 aromatic heterocycles. The van der Waals surface area contributed by atoms with Crippen molar-refractivity contribution in [3.8, 4) is 11.4 Å². The van der Waals surface area contributed by atoms with Gasteiger partial charge in [-0.3, -0.25) is 4.79 Å². The van der Waals surface area contributed by atoms with Gasteiger partial charge in [-0.15, -0.1) is 0 Å². The summed E-state index contributed by atoms with van der Waals surface area (Å²) < 4.78 is 0. The minimum Gasteiger partial charge on any atom is -0.342 e. The second-order valence-corrected chi connectivity index (χ2v) is 6.95. The molecule has 2 aromatic rings. The topological polar surface area (TPSA) is 46.1 Å². The molecule has 3 rings (SSSR count). The number of aromatic nitrogens is 2. The number of carbonyl (C=O) groups excluding carboxylic acids is 1. The lowest BCUT2D eigenvalue weighted by molar-refractivity contribution is -0.135. The molecule has 4 heteroatoms. The molecule has 1 saturated heterocycles. The van der Waals surface area contributed by atoms with Crippen LogP contribution in [0.25, 0.3) is 11.4 Å². The fourth-order valence-electron chi connectivity index (χ4n) is 3.23. The van der Waals surface area contributed by atoms with E-state index in [2.05, 4.69) is 36.2 Å². The first-order valence-electron chi connectivity index (χ1n) is 8.73. The van der Waals surface area contributed by atoms with Crippen LogP contribution < -0.4 is 0 Å². The van der Waals surface area contributed by atoms with Gasteiger partial charge in [0.1, 0.15) is 0 Å². The summed E-state index contributed by atoms with van der Waals surface area (Å²) in [5.74, 6) is 1.36. The lowest BCUT2D eigenvalue weighted by atomic mass is 9.93. The van der Waals surface area contributed by atoms with Gasteiger partial charge in [-0.1, -0.05) is 43.7 Å². The normalized spacial score (nSPS) is 18.0. The van der Waals surface area contributed by atoms with Gasteiger partial charge in [-0.05, 0) is 25.8 Å². The summed E-state index contributed by atoms with van der Waals surface area (Å²) in [6.07, 6.45) is 3.94. The molecule has 1 atom stereocenters. The Labute approximate surface area is 143 Å². The molecular formula is C20H25N3O. The fraction of sp³-hybridized carbons (Fsp3) is 0.450. The first-order chi connectivity index (χ1) is 11.5. The molecule has 1 amide bonds. The van der Waals surface area contributed by atoms with Crippen LogP contribution in [0.2, 0.25) is 0 Å². The van der Waals surface area contributed by atoms with Crippen LogP contribution in [0, 0.1) is 12.8 Å². The van der Waals surface area contributed by atoms with Crippen LogP contribution in [0.3, 0.4) is 0 Å². The van der Waals surface area contributed by atoms with Crippen molar-refractivity contribution in [1.29, 1.82) is 0 Å². The van der Waals surface area contributed by atoms with E-state index < -0.39 is 0 Å². The van der Waals surface area contributed by atoms with E-state index in [1.807, 2.05) is 31.0 Å². The van der Waals surface area contributed by atoms with Crippen LogP contribution in [0.4, 0.5) is 0 Å². The standard InChI is InChI=1S/C20H25N3O/c1-14(2)20(24)23-12-4-5-17(13-23)18-10-11-21-19(22-18)16-8-6-15(3)7-9-16/h6-11,14,17H,4-5,12-13H2,1-3H3. The number of aryl methyl sites for hydroxylation is 1. The Bertz CT molecular complexity index is 709. The molecule has 0 bridgehead atoms. The van der Waals surface area contributed by atoms with Gasteiger partial charge in [0.05, 0.1) is 0 Å². The Kier molecular flexibility index (Phi) is 4.93. The molecule has 0 radical (unpaired) electrons. The van der Waals surface area contributed by atoms with E-state index >= 15 is 0 Å². The van der Waals surface area contributed by atoms with E-state index in [4.69, 9.17) is 4.98 Å². The number of amides is 1. The summed E-state index contributed by atoms with van der Waals surface area (Å²) in [5.41, 5.74) is 3.31. The quantitative estimate of drug-likeness (QED) is 0.863. The number of benzene rings is 1. The largest absolute Gasteiger partial charge is 0.342 e. The van der Waals surface area contributed by atoms with E-state index in [0.717, 1.165) is 43.0 Å². The molecule has 1 aliphatic heterocycles. The molecular weight excluding hydrogens is 298 g/mol. The Hall–Kier alpha value is -2.23. The molecule has 1 fully saturated rings. The van der Waals surface area contributed by atoms with Crippen molar-refractivity contribution in [2.75, 3.05) is 13.1 Å². The second-order valence-electron chi connectivity index (χ2n) is 6.95. The van der Waals surface area contributed by atoms with Crippen molar-refractivity contribution in [3.63, 3.8) is 0 Å². The predicted octanol–water partition coefficient (Wildman–Crippen LogP) is 3.81. The molecule has 0 aliphatic carbocycles. The molecule has 24 heavy (non-hydrogen) atoms. The molecule has 1 aliphatic rings. The van der Waals surface area contributed by atoms with Crippen molar-refractivity contribution in [1.82, 2.24) is 14.9 Å². The highest BCUT2D eigenvalue weighted by Crippen LogP contribution is 2.27. The zero-order chi connectivity index (χ0) is 17.1. The number of hydrogen-bond donors (Lipinski definition) is 0. The van der Waals surface area contributed by atoms with Gasteiger partial charge in [-0.2, -0.15) is 0 Å². The van der Waals surface area contributed by atoms with E-state index in [9.17, 15) is 4.79 Å². The highest BCUT2D eigenvalue weighted by Gasteiger charge is 2.27. The zero-order valence-corrected chi connectivity index (χ0v) is 14.7. The molecule has 0 saturated carbocycles. The minimum atomic E-state index is 0.0530. The Morgan fingerprint density at radius 2 is 1.96 bits per heavy atom. The van der Waals surface area contributed by atoms with E-state index in [-0.39, 0.29) is 11.8 Å². The van der Waals surface area contributed by atoms with Gasteiger partial charge >= 0.3 is 0 Å².